The zero-order chi connectivity index (χ0) is 16.6. The van der Waals surface area contributed by atoms with Gasteiger partial charge in [-0.15, -0.1) is 0 Å². The Morgan fingerprint density at radius 2 is 1.78 bits per heavy atom. The summed E-state index contributed by atoms with van der Waals surface area (Å²) in [5.74, 6) is 5.73. The monoisotopic (exact) mass is 310 g/mol. The number of carbonyl (C=O) groups excluding carboxylic acids is 1. The molecule has 3 aromatic rings. The first-order valence-corrected chi connectivity index (χ1v) is 7.24. The number of anilines is 1. The minimum absolute atomic E-state index is 0.130. The smallest absolute Gasteiger partial charge is 0.256 e. The van der Waals surface area contributed by atoms with Crippen LogP contribution in [0.25, 0.3) is 21.7 Å². The van der Waals surface area contributed by atoms with Gasteiger partial charge < -0.3 is 9.88 Å². The van der Waals surface area contributed by atoms with Gasteiger partial charge in [0.05, 0.1) is 12.2 Å². The van der Waals surface area contributed by atoms with E-state index in [2.05, 4.69) is 4.98 Å². The highest BCUT2D eigenvalue weighted by Crippen LogP contribution is 2.25. The van der Waals surface area contributed by atoms with Crippen molar-refractivity contribution in [2.24, 2.45) is 5.84 Å². The number of benzene rings is 2. The second-order valence-corrected chi connectivity index (χ2v) is 5.73. The number of pyridine rings is 1. The van der Waals surface area contributed by atoms with E-state index in [0.717, 1.165) is 15.8 Å². The van der Waals surface area contributed by atoms with E-state index in [4.69, 9.17) is 5.84 Å². The third-order valence-electron chi connectivity index (χ3n) is 3.71. The number of H-pyrrole nitrogens is 1. The second-order valence-electron chi connectivity index (χ2n) is 5.73. The zero-order valence-corrected chi connectivity index (χ0v) is 13.0. The summed E-state index contributed by atoms with van der Waals surface area (Å²) >= 11 is 0. The summed E-state index contributed by atoms with van der Waals surface area (Å²) in [6.45, 7) is 0.223. The van der Waals surface area contributed by atoms with Gasteiger partial charge in [0.15, 0.2) is 0 Å². The molecule has 1 aromatic heterocycles. The zero-order valence-electron chi connectivity index (χ0n) is 13.0. The maximum atomic E-state index is 12.1. The SMILES string of the molecule is CN(C)CC(=O)N(N)c1ccc2[nH]c(=O)c3ccccc3c2c1. The number of nitrogens with zero attached hydrogens (tertiary/aromatic N) is 2. The van der Waals surface area contributed by atoms with Crippen LogP contribution < -0.4 is 16.4 Å². The molecule has 1 amide bonds. The molecule has 0 saturated heterocycles. The summed E-state index contributed by atoms with van der Waals surface area (Å²) in [7, 11) is 3.62. The maximum Gasteiger partial charge on any atom is 0.256 e. The Labute approximate surface area is 133 Å². The van der Waals surface area contributed by atoms with E-state index in [1.54, 1.807) is 23.1 Å². The molecule has 0 fully saturated rings. The third kappa shape index (κ3) is 2.81. The summed E-state index contributed by atoms with van der Waals surface area (Å²) in [5, 5.41) is 3.44. The molecule has 1 heterocycles. The number of amides is 1. The molecule has 23 heavy (non-hydrogen) atoms. The molecule has 0 atom stereocenters. The number of hydrazine groups is 1. The number of hydrogen-bond acceptors (Lipinski definition) is 4. The van der Waals surface area contributed by atoms with Crippen molar-refractivity contribution in [3.63, 3.8) is 0 Å². The topological polar surface area (TPSA) is 82.4 Å². The van der Waals surface area contributed by atoms with Gasteiger partial charge in [-0.2, -0.15) is 0 Å². The fourth-order valence-corrected chi connectivity index (χ4v) is 2.61. The molecule has 6 nitrogen and oxygen atoms in total. The normalized spacial score (nSPS) is 11.3. The molecule has 0 aliphatic carbocycles. The van der Waals surface area contributed by atoms with Crippen LogP contribution in [-0.4, -0.2) is 36.4 Å². The summed E-state index contributed by atoms with van der Waals surface area (Å²) in [6, 6.07) is 12.7. The first-order chi connectivity index (χ1) is 11.0. The lowest BCUT2D eigenvalue weighted by atomic mass is 10.1. The lowest BCUT2D eigenvalue weighted by molar-refractivity contribution is -0.119. The van der Waals surface area contributed by atoms with Crippen molar-refractivity contribution in [2.45, 2.75) is 0 Å². The van der Waals surface area contributed by atoms with Crippen molar-refractivity contribution in [3.8, 4) is 0 Å². The highest BCUT2D eigenvalue weighted by molar-refractivity contribution is 6.07. The van der Waals surface area contributed by atoms with Gasteiger partial charge >= 0.3 is 0 Å². The Morgan fingerprint density at radius 1 is 1.09 bits per heavy atom. The predicted octanol–water partition coefficient (Wildman–Crippen LogP) is 1.45. The molecule has 6 heteroatoms. The molecule has 0 aliphatic heterocycles. The van der Waals surface area contributed by atoms with Crippen molar-refractivity contribution in [1.82, 2.24) is 9.88 Å². The van der Waals surface area contributed by atoms with E-state index < -0.39 is 0 Å². The van der Waals surface area contributed by atoms with Crippen LogP contribution in [0, 0.1) is 0 Å². The largest absolute Gasteiger partial charge is 0.321 e. The standard InChI is InChI=1S/C17H18N4O2/c1-20(2)10-16(22)21(18)11-7-8-15-14(9-11)12-5-3-4-6-13(12)17(23)19-15/h3-9H,10,18H2,1-2H3,(H,19,23). The van der Waals surface area contributed by atoms with Gasteiger partial charge in [0.1, 0.15) is 0 Å². The Hall–Kier alpha value is -2.70. The molecule has 3 N–H and O–H groups in total. The number of aromatic amines is 1. The summed E-state index contributed by atoms with van der Waals surface area (Å²) in [6.07, 6.45) is 0. The fraction of sp³-hybridized carbons (Fsp3) is 0.176. The maximum absolute atomic E-state index is 12.1. The van der Waals surface area contributed by atoms with E-state index in [1.165, 1.54) is 0 Å². The molecule has 0 aliphatic rings. The van der Waals surface area contributed by atoms with Crippen LogP contribution >= 0.6 is 0 Å². The van der Waals surface area contributed by atoms with Gasteiger partial charge in [0.2, 0.25) is 0 Å². The molecular weight excluding hydrogens is 292 g/mol. The number of rotatable bonds is 3. The Balaban J connectivity index is 2.15. The van der Waals surface area contributed by atoms with Gasteiger partial charge in [0.25, 0.3) is 11.5 Å². The van der Waals surface area contributed by atoms with E-state index in [9.17, 15) is 9.59 Å². The number of aromatic nitrogens is 1. The van der Waals surface area contributed by atoms with Gasteiger partial charge in [-0.25, -0.2) is 10.9 Å². The Morgan fingerprint density at radius 3 is 2.48 bits per heavy atom. The number of nitrogens with two attached hydrogens (primary N) is 1. The van der Waals surface area contributed by atoms with Crippen molar-refractivity contribution >= 4 is 33.3 Å². The molecular formula is C17H18N4O2. The predicted molar refractivity (Wildman–Crippen MR) is 92.3 cm³/mol. The quantitative estimate of drug-likeness (QED) is 0.332. The summed E-state index contributed by atoms with van der Waals surface area (Å²) in [5.41, 5.74) is 1.17. The average molecular weight is 310 g/mol. The van der Waals surface area contributed by atoms with Gasteiger partial charge in [-0.05, 0) is 43.7 Å². The van der Waals surface area contributed by atoms with Gasteiger partial charge in [0, 0.05) is 16.3 Å². The lowest BCUT2D eigenvalue weighted by Crippen LogP contribution is -2.42. The van der Waals surface area contributed by atoms with E-state index in [0.29, 0.717) is 16.6 Å². The van der Waals surface area contributed by atoms with Crippen LogP contribution in [0.2, 0.25) is 0 Å². The fourth-order valence-electron chi connectivity index (χ4n) is 2.61. The van der Waals surface area contributed by atoms with Gasteiger partial charge in [-0.1, -0.05) is 18.2 Å². The van der Waals surface area contributed by atoms with Crippen molar-refractivity contribution in [3.05, 3.63) is 52.8 Å². The highest BCUT2D eigenvalue weighted by Gasteiger charge is 2.14. The van der Waals surface area contributed by atoms with Gasteiger partial charge in [-0.3, -0.25) is 9.59 Å². The van der Waals surface area contributed by atoms with Crippen LogP contribution in [0.5, 0.6) is 0 Å². The third-order valence-corrected chi connectivity index (χ3v) is 3.71. The molecule has 0 unspecified atom stereocenters. The van der Waals surface area contributed by atoms with Crippen LogP contribution in [0.3, 0.4) is 0 Å². The molecule has 0 radical (unpaired) electrons. The van der Waals surface area contributed by atoms with Crippen molar-refractivity contribution in [1.29, 1.82) is 0 Å². The van der Waals surface area contributed by atoms with Crippen molar-refractivity contribution in [2.75, 3.05) is 25.6 Å². The second kappa shape index (κ2) is 5.83. The Bertz CT molecular complexity index is 946. The number of carbonyl (C=O) groups is 1. The number of nitrogens with one attached hydrogen (secondary N) is 1. The highest BCUT2D eigenvalue weighted by atomic mass is 16.2. The van der Waals surface area contributed by atoms with Crippen LogP contribution in [-0.2, 0) is 4.79 Å². The molecule has 0 spiro atoms. The average Bonchev–Trinajstić information content (AvgIpc) is 2.53. The minimum atomic E-state index is -0.205. The molecule has 3 rings (SSSR count). The van der Waals surface area contributed by atoms with E-state index in [-0.39, 0.29) is 18.0 Å². The number of fused-ring (bicyclic) bond motifs is 3. The number of likely N-dealkylation sites (N-methyl/N-ethyl adjacent to an activating group) is 1. The summed E-state index contributed by atoms with van der Waals surface area (Å²) in [4.78, 5) is 28.8. The molecule has 2 aromatic carbocycles. The molecule has 118 valence electrons. The van der Waals surface area contributed by atoms with Crippen molar-refractivity contribution < 1.29 is 4.79 Å². The van der Waals surface area contributed by atoms with Crippen LogP contribution in [0.15, 0.2) is 47.3 Å². The first-order valence-electron chi connectivity index (χ1n) is 7.24. The first kappa shape index (κ1) is 15.2. The molecule has 0 bridgehead atoms. The van der Waals surface area contributed by atoms with E-state index >= 15 is 0 Å². The Kier molecular flexibility index (Phi) is 3.85. The lowest BCUT2D eigenvalue weighted by Gasteiger charge is -2.19. The van der Waals surface area contributed by atoms with E-state index in [1.807, 2.05) is 38.4 Å². The summed E-state index contributed by atoms with van der Waals surface area (Å²) < 4.78 is 0. The van der Waals surface area contributed by atoms with Crippen LogP contribution in [0.1, 0.15) is 0 Å². The number of hydrogen-bond donors (Lipinski definition) is 2. The minimum Gasteiger partial charge on any atom is -0.321 e. The van der Waals surface area contributed by atoms with Crippen LogP contribution in [0.4, 0.5) is 5.69 Å². The molecule has 0 saturated carbocycles.